The summed E-state index contributed by atoms with van der Waals surface area (Å²) in [5, 5.41) is 3.38. The van der Waals surface area contributed by atoms with Gasteiger partial charge in [-0.3, -0.25) is 0 Å². The summed E-state index contributed by atoms with van der Waals surface area (Å²) >= 11 is 3.60. The maximum atomic E-state index is 3.60. The fourth-order valence-corrected chi connectivity index (χ4v) is 2.68. The number of fused-ring (bicyclic) bond motifs is 1. The number of nitrogens with one attached hydrogen (secondary N) is 1. The van der Waals surface area contributed by atoms with Crippen LogP contribution in [-0.4, -0.2) is 6.54 Å². The minimum Gasteiger partial charge on any atom is -0.384 e. The van der Waals surface area contributed by atoms with Gasteiger partial charge >= 0.3 is 0 Å². The number of hydrogen-bond acceptors (Lipinski definition) is 1. The molecule has 80 valence electrons. The van der Waals surface area contributed by atoms with E-state index in [0.717, 1.165) is 17.4 Å². The third kappa shape index (κ3) is 1.63. The van der Waals surface area contributed by atoms with Gasteiger partial charge < -0.3 is 5.32 Å². The summed E-state index contributed by atoms with van der Waals surface area (Å²) in [4.78, 5) is 0. The van der Waals surface area contributed by atoms with Crippen molar-refractivity contribution in [3.8, 4) is 11.1 Å². The molecule has 2 aromatic carbocycles. The van der Waals surface area contributed by atoms with Crippen molar-refractivity contribution in [1.29, 1.82) is 0 Å². The van der Waals surface area contributed by atoms with Crippen LogP contribution in [0.5, 0.6) is 0 Å². The van der Waals surface area contributed by atoms with Crippen molar-refractivity contribution in [2.24, 2.45) is 0 Å². The minimum atomic E-state index is 1.06. The van der Waals surface area contributed by atoms with Crippen molar-refractivity contribution < 1.29 is 0 Å². The molecule has 1 heterocycles. The molecule has 0 bridgehead atoms. The first-order valence-electron chi connectivity index (χ1n) is 5.46. The number of halogens is 1. The van der Waals surface area contributed by atoms with Gasteiger partial charge in [0.2, 0.25) is 0 Å². The minimum absolute atomic E-state index is 1.06. The van der Waals surface area contributed by atoms with Gasteiger partial charge in [-0.15, -0.1) is 0 Å². The molecular formula is C14H12BrN. The Balaban J connectivity index is 2.11. The second-order valence-electron chi connectivity index (χ2n) is 4.03. The highest BCUT2D eigenvalue weighted by molar-refractivity contribution is 9.10. The average molecular weight is 274 g/mol. The predicted octanol–water partition coefficient (Wildman–Crippen LogP) is 4.08. The van der Waals surface area contributed by atoms with E-state index in [1.54, 1.807) is 0 Å². The number of anilines is 1. The van der Waals surface area contributed by atoms with Crippen LogP contribution in [0.25, 0.3) is 11.1 Å². The summed E-state index contributed by atoms with van der Waals surface area (Å²) in [5.41, 5.74) is 5.26. The van der Waals surface area contributed by atoms with E-state index in [2.05, 4.69) is 57.6 Å². The molecule has 0 saturated carbocycles. The molecule has 1 aliphatic heterocycles. The molecule has 0 spiro atoms. The number of benzene rings is 2. The highest BCUT2D eigenvalue weighted by atomic mass is 79.9. The molecule has 0 radical (unpaired) electrons. The standard InChI is InChI=1S/C14H12BrN/c15-13-4-2-1-3-12(13)10-5-6-14-11(9-10)7-8-16-14/h1-6,9,16H,7-8H2. The topological polar surface area (TPSA) is 12.0 Å². The van der Waals surface area contributed by atoms with Crippen LogP contribution in [0.15, 0.2) is 46.9 Å². The van der Waals surface area contributed by atoms with Gasteiger partial charge in [0.15, 0.2) is 0 Å². The Hall–Kier alpha value is -1.28. The quantitative estimate of drug-likeness (QED) is 0.826. The molecule has 0 unspecified atom stereocenters. The van der Waals surface area contributed by atoms with Crippen LogP contribution in [0.2, 0.25) is 0 Å². The zero-order valence-corrected chi connectivity index (χ0v) is 10.4. The van der Waals surface area contributed by atoms with Crippen LogP contribution in [-0.2, 0) is 6.42 Å². The monoisotopic (exact) mass is 273 g/mol. The molecule has 1 nitrogen and oxygen atoms in total. The second-order valence-corrected chi connectivity index (χ2v) is 4.88. The average Bonchev–Trinajstić information content (AvgIpc) is 2.76. The van der Waals surface area contributed by atoms with Gasteiger partial charge in [-0.25, -0.2) is 0 Å². The first-order valence-corrected chi connectivity index (χ1v) is 6.25. The number of rotatable bonds is 1. The smallest absolute Gasteiger partial charge is 0.0373 e. The van der Waals surface area contributed by atoms with Crippen LogP contribution in [0.3, 0.4) is 0 Å². The van der Waals surface area contributed by atoms with Gasteiger partial charge in [-0.2, -0.15) is 0 Å². The Kier molecular flexibility index (Phi) is 2.44. The van der Waals surface area contributed by atoms with Crippen molar-refractivity contribution in [2.75, 3.05) is 11.9 Å². The van der Waals surface area contributed by atoms with Crippen LogP contribution < -0.4 is 5.32 Å². The normalized spacial score (nSPS) is 13.3. The maximum Gasteiger partial charge on any atom is 0.0373 e. The van der Waals surface area contributed by atoms with Gasteiger partial charge in [-0.05, 0) is 41.3 Å². The number of hydrogen-bond donors (Lipinski definition) is 1. The van der Waals surface area contributed by atoms with E-state index in [0.29, 0.717) is 0 Å². The van der Waals surface area contributed by atoms with Gasteiger partial charge in [0, 0.05) is 16.7 Å². The zero-order chi connectivity index (χ0) is 11.0. The summed E-state index contributed by atoms with van der Waals surface area (Å²) < 4.78 is 1.15. The van der Waals surface area contributed by atoms with Crippen molar-refractivity contribution in [3.05, 3.63) is 52.5 Å². The van der Waals surface area contributed by atoms with E-state index in [-0.39, 0.29) is 0 Å². The Morgan fingerprint density at radius 3 is 2.81 bits per heavy atom. The highest BCUT2D eigenvalue weighted by Crippen LogP contribution is 2.32. The van der Waals surface area contributed by atoms with Crippen molar-refractivity contribution >= 4 is 21.6 Å². The van der Waals surface area contributed by atoms with E-state index >= 15 is 0 Å². The lowest BCUT2D eigenvalue weighted by atomic mass is 10.0. The lowest BCUT2D eigenvalue weighted by Crippen LogP contribution is -1.90. The molecular weight excluding hydrogens is 262 g/mol. The summed E-state index contributed by atoms with van der Waals surface area (Å²) in [6.07, 6.45) is 1.13. The molecule has 2 aromatic rings. The molecule has 16 heavy (non-hydrogen) atoms. The van der Waals surface area contributed by atoms with E-state index in [9.17, 15) is 0 Å². The predicted molar refractivity (Wildman–Crippen MR) is 71.8 cm³/mol. The molecule has 0 saturated heterocycles. The summed E-state index contributed by atoms with van der Waals surface area (Å²) in [5.74, 6) is 0. The van der Waals surface area contributed by atoms with Crippen molar-refractivity contribution in [2.45, 2.75) is 6.42 Å². The SMILES string of the molecule is Brc1ccccc1-c1ccc2c(c1)CCN2. The fourth-order valence-electron chi connectivity index (χ4n) is 2.17. The third-order valence-electron chi connectivity index (χ3n) is 3.00. The molecule has 3 rings (SSSR count). The maximum absolute atomic E-state index is 3.60. The zero-order valence-electron chi connectivity index (χ0n) is 8.83. The Morgan fingerprint density at radius 1 is 1.06 bits per heavy atom. The van der Waals surface area contributed by atoms with Crippen LogP contribution in [0.4, 0.5) is 5.69 Å². The molecule has 0 amide bonds. The van der Waals surface area contributed by atoms with Crippen LogP contribution in [0, 0.1) is 0 Å². The summed E-state index contributed by atoms with van der Waals surface area (Å²) in [7, 11) is 0. The van der Waals surface area contributed by atoms with Crippen molar-refractivity contribution in [1.82, 2.24) is 0 Å². The van der Waals surface area contributed by atoms with Crippen LogP contribution >= 0.6 is 15.9 Å². The van der Waals surface area contributed by atoms with Gasteiger partial charge in [-0.1, -0.05) is 40.2 Å². The van der Waals surface area contributed by atoms with Gasteiger partial charge in [0.05, 0.1) is 0 Å². The lowest BCUT2D eigenvalue weighted by molar-refractivity contribution is 1.11. The highest BCUT2D eigenvalue weighted by Gasteiger charge is 2.11. The fraction of sp³-hybridized carbons (Fsp3) is 0.143. The molecule has 0 aromatic heterocycles. The van der Waals surface area contributed by atoms with Gasteiger partial charge in [0.1, 0.15) is 0 Å². The largest absolute Gasteiger partial charge is 0.384 e. The summed E-state index contributed by atoms with van der Waals surface area (Å²) in [6, 6.07) is 15.0. The van der Waals surface area contributed by atoms with E-state index in [4.69, 9.17) is 0 Å². The second kappa shape index (κ2) is 3.95. The molecule has 1 aliphatic rings. The van der Waals surface area contributed by atoms with Crippen LogP contribution in [0.1, 0.15) is 5.56 Å². The third-order valence-corrected chi connectivity index (χ3v) is 3.69. The molecule has 0 fully saturated rings. The van der Waals surface area contributed by atoms with E-state index < -0.39 is 0 Å². The first-order chi connectivity index (χ1) is 7.84. The molecule has 0 aliphatic carbocycles. The molecule has 0 atom stereocenters. The lowest BCUT2D eigenvalue weighted by Gasteiger charge is -2.06. The van der Waals surface area contributed by atoms with Crippen molar-refractivity contribution in [3.63, 3.8) is 0 Å². The first kappa shape index (κ1) is 9.91. The van der Waals surface area contributed by atoms with E-state index in [1.807, 2.05) is 6.07 Å². The Labute approximate surface area is 104 Å². The molecule has 2 heteroatoms. The summed E-state index contributed by atoms with van der Waals surface area (Å²) in [6.45, 7) is 1.06. The Bertz CT molecular complexity index is 534. The van der Waals surface area contributed by atoms with E-state index in [1.165, 1.54) is 22.4 Å². The van der Waals surface area contributed by atoms with Gasteiger partial charge in [0.25, 0.3) is 0 Å². The molecule has 1 N–H and O–H groups in total. The Morgan fingerprint density at radius 2 is 1.94 bits per heavy atom.